The minimum Gasteiger partial charge on any atom is -0.310 e. The summed E-state index contributed by atoms with van der Waals surface area (Å²) in [5.74, 6) is 0. The average Bonchev–Trinajstić information content (AvgIpc) is 3.73. The average molecular weight is 754 g/mol. The predicted molar refractivity (Wildman–Crippen MR) is 247 cm³/mol. The third-order valence-corrected chi connectivity index (χ3v) is 12.9. The number of benzene rings is 9. The molecule has 0 aromatic heterocycles. The largest absolute Gasteiger partial charge is 0.310 e. The van der Waals surface area contributed by atoms with Crippen molar-refractivity contribution in [2.45, 2.75) is 24.7 Å². The highest BCUT2D eigenvalue weighted by Gasteiger charge is 2.46. The van der Waals surface area contributed by atoms with Crippen LogP contribution in [0.15, 0.2) is 224 Å². The van der Waals surface area contributed by atoms with Gasteiger partial charge in [-0.1, -0.05) is 196 Å². The normalized spacial score (nSPS) is 13.9. The van der Waals surface area contributed by atoms with Crippen LogP contribution < -0.4 is 4.90 Å². The lowest BCUT2D eigenvalue weighted by Gasteiger charge is -2.36. The lowest BCUT2D eigenvalue weighted by atomic mass is 9.67. The molecular weight excluding hydrogens is 711 g/mol. The van der Waals surface area contributed by atoms with Gasteiger partial charge in [0.15, 0.2) is 0 Å². The molecule has 280 valence electrons. The monoisotopic (exact) mass is 753 g/mol. The Labute approximate surface area is 347 Å². The van der Waals surface area contributed by atoms with Gasteiger partial charge < -0.3 is 4.90 Å². The van der Waals surface area contributed by atoms with Crippen molar-refractivity contribution in [3.63, 3.8) is 0 Å². The van der Waals surface area contributed by atoms with Crippen molar-refractivity contribution >= 4 is 17.1 Å². The summed E-state index contributed by atoms with van der Waals surface area (Å²) in [6.07, 6.45) is 0. The minimum absolute atomic E-state index is 0.142. The van der Waals surface area contributed by atoms with Gasteiger partial charge in [0.25, 0.3) is 0 Å². The predicted octanol–water partition coefficient (Wildman–Crippen LogP) is 15.2. The van der Waals surface area contributed by atoms with E-state index in [2.05, 4.69) is 243 Å². The lowest BCUT2D eigenvalue weighted by Crippen LogP contribution is -2.29. The van der Waals surface area contributed by atoms with Crippen molar-refractivity contribution in [2.24, 2.45) is 0 Å². The van der Waals surface area contributed by atoms with E-state index in [1.54, 1.807) is 0 Å². The molecule has 0 aliphatic heterocycles. The van der Waals surface area contributed by atoms with Crippen LogP contribution in [-0.4, -0.2) is 0 Å². The fraction of sp³-hybridized carbons (Fsp3) is 0.0690. The second-order valence-corrected chi connectivity index (χ2v) is 16.5. The van der Waals surface area contributed by atoms with Gasteiger partial charge in [-0.25, -0.2) is 0 Å². The van der Waals surface area contributed by atoms with Crippen molar-refractivity contribution in [1.29, 1.82) is 0 Å². The van der Waals surface area contributed by atoms with E-state index in [-0.39, 0.29) is 5.41 Å². The smallest absolute Gasteiger partial charge is 0.0714 e. The van der Waals surface area contributed by atoms with E-state index >= 15 is 0 Å². The first kappa shape index (κ1) is 35.0. The number of fused-ring (bicyclic) bond motifs is 6. The van der Waals surface area contributed by atoms with Crippen molar-refractivity contribution in [2.75, 3.05) is 4.90 Å². The minimum atomic E-state index is -0.557. The van der Waals surface area contributed by atoms with Crippen LogP contribution in [0.2, 0.25) is 0 Å². The molecule has 0 spiro atoms. The number of hydrogen-bond acceptors (Lipinski definition) is 1. The van der Waals surface area contributed by atoms with Crippen LogP contribution in [0.4, 0.5) is 17.1 Å². The molecule has 2 aliphatic rings. The summed E-state index contributed by atoms with van der Waals surface area (Å²) in [6.45, 7) is 4.74. The molecule has 0 heterocycles. The fourth-order valence-electron chi connectivity index (χ4n) is 10.2. The second-order valence-electron chi connectivity index (χ2n) is 16.5. The van der Waals surface area contributed by atoms with Crippen LogP contribution in [0.3, 0.4) is 0 Å². The molecule has 0 N–H and O–H groups in total. The summed E-state index contributed by atoms with van der Waals surface area (Å²) in [4.78, 5) is 2.48. The maximum Gasteiger partial charge on any atom is 0.0714 e. The van der Waals surface area contributed by atoms with Crippen molar-refractivity contribution in [3.8, 4) is 44.5 Å². The van der Waals surface area contributed by atoms with Crippen LogP contribution >= 0.6 is 0 Å². The van der Waals surface area contributed by atoms with Crippen LogP contribution in [0.5, 0.6) is 0 Å². The van der Waals surface area contributed by atoms with Crippen molar-refractivity contribution in [1.82, 2.24) is 0 Å². The van der Waals surface area contributed by atoms with Gasteiger partial charge in [0.1, 0.15) is 0 Å². The summed E-state index contributed by atoms with van der Waals surface area (Å²) in [5.41, 5.74) is 20.4. The van der Waals surface area contributed by atoms with Gasteiger partial charge in [-0.15, -0.1) is 0 Å². The van der Waals surface area contributed by atoms with Gasteiger partial charge in [-0.3, -0.25) is 0 Å². The first-order valence-electron chi connectivity index (χ1n) is 20.7. The van der Waals surface area contributed by atoms with Gasteiger partial charge in [0.05, 0.1) is 5.41 Å². The Hall–Kier alpha value is -7.22. The second kappa shape index (κ2) is 13.7. The van der Waals surface area contributed by atoms with E-state index in [1.165, 1.54) is 77.9 Å². The molecular formula is C58H43N. The molecule has 0 amide bonds. The number of nitrogens with zero attached hydrogens (tertiary/aromatic N) is 1. The topological polar surface area (TPSA) is 3.24 Å². The van der Waals surface area contributed by atoms with Crippen LogP contribution in [0.1, 0.15) is 47.2 Å². The maximum absolute atomic E-state index is 2.48. The molecule has 9 aromatic rings. The van der Waals surface area contributed by atoms with E-state index in [9.17, 15) is 0 Å². The van der Waals surface area contributed by atoms with Crippen LogP contribution in [0.25, 0.3) is 44.5 Å². The van der Waals surface area contributed by atoms with Gasteiger partial charge in [-0.05, 0) is 120 Å². The molecule has 2 aliphatic carbocycles. The molecule has 11 rings (SSSR count). The molecule has 0 radical (unpaired) electrons. The van der Waals surface area contributed by atoms with Gasteiger partial charge in [-0.2, -0.15) is 0 Å². The fourth-order valence-corrected chi connectivity index (χ4v) is 10.2. The SMILES string of the molecule is CC1(C)c2ccccc2-c2ccc(N(c3ccc(-c4ccccc4)cc3)c3cc(-c4ccccc4)cc(C4(c5ccccc5)c5ccccc5-c5ccccc54)c3)cc21. The maximum atomic E-state index is 2.48. The van der Waals surface area contributed by atoms with E-state index < -0.39 is 5.41 Å². The standard InChI is InChI=1S/C58H43N/c1-57(2)53-27-15-12-24-49(53)52-35-34-47(39-56(52)57)59(46-32-30-42(31-33-46)40-18-6-3-7-19-40)48-37-43(41-20-8-4-9-21-41)36-45(38-48)58(44-22-10-5-11-23-44)54-28-16-13-25-50(54)51-26-14-17-29-55(51)58/h3-39H,1-2H3. The summed E-state index contributed by atoms with van der Waals surface area (Å²) in [7, 11) is 0. The first-order valence-corrected chi connectivity index (χ1v) is 20.7. The summed E-state index contributed by atoms with van der Waals surface area (Å²) in [6, 6.07) is 83.2. The molecule has 1 nitrogen and oxygen atoms in total. The summed E-state index contributed by atoms with van der Waals surface area (Å²) < 4.78 is 0. The van der Waals surface area contributed by atoms with Crippen LogP contribution in [-0.2, 0) is 10.8 Å². The van der Waals surface area contributed by atoms with E-state index in [4.69, 9.17) is 0 Å². The summed E-state index contributed by atoms with van der Waals surface area (Å²) >= 11 is 0. The zero-order valence-electron chi connectivity index (χ0n) is 33.3. The third-order valence-electron chi connectivity index (χ3n) is 12.9. The quantitative estimate of drug-likeness (QED) is 0.157. The molecule has 0 saturated carbocycles. The van der Waals surface area contributed by atoms with Crippen LogP contribution in [0, 0.1) is 0 Å². The number of rotatable bonds is 7. The van der Waals surface area contributed by atoms with Gasteiger partial charge in [0, 0.05) is 22.5 Å². The van der Waals surface area contributed by atoms with E-state index in [1.807, 2.05) is 0 Å². The van der Waals surface area contributed by atoms with Crippen molar-refractivity contribution < 1.29 is 0 Å². The highest BCUT2D eigenvalue weighted by atomic mass is 15.1. The molecule has 0 unspecified atom stereocenters. The third kappa shape index (κ3) is 5.46. The molecule has 0 saturated heterocycles. The molecule has 0 fully saturated rings. The Balaban J connectivity index is 1.20. The van der Waals surface area contributed by atoms with Gasteiger partial charge >= 0.3 is 0 Å². The van der Waals surface area contributed by atoms with Gasteiger partial charge in [0.2, 0.25) is 0 Å². The molecule has 0 bridgehead atoms. The Morgan fingerprint density at radius 2 is 0.746 bits per heavy atom. The highest BCUT2D eigenvalue weighted by molar-refractivity contribution is 5.90. The van der Waals surface area contributed by atoms with E-state index in [0.717, 1.165) is 17.1 Å². The number of hydrogen-bond donors (Lipinski definition) is 0. The molecule has 9 aromatic carbocycles. The molecule has 59 heavy (non-hydrogen) atoms. The molecule has 1 heteroatoms. The Morgan fingerprint density at radius 1 is 0.288 bits per heavy atom. The lowest BCUT2D eigenvalue weighted by molar-refractivity contribution is 0.660. The molecule has 0 atom stereocenters. The highest BCUT2D eigenvalue weighted by Crippen LogP contribution is 2.57. The zero-order chi connectivity index (χ0) is 39.6. The Morgan fingerprint density at radius 3 is 1.36 bits per heavy atom. The Kier molecular flexibility index (Phi) is 8.13. The van der Waals surface area contributed by atoms with E-state index in [0.29, 0.717) is 0 Å². The number of anilines is 3. The summed E-state index contributed by atoms with van der Waals surface area (Å²) in [5, 5.41) is 0. The first-order chi connectivity index (χ1) is 29.0. The van der Waals surface area contributed by atoms with Crippen molar-refractivity contribution in [3.05, 3.63) is 258 Å². The Bertz CT molecular complexity index is 2950. The zero-order valence-corrected chi connectivity index (χ0v) is 33.3.